The number of ether oxygens (including phenoxy) is 1. The van der Waals surface area contributed by atoms with E-state index in [9.17, 15) is 23.3 Å². The Morgan fingerprint density at radius 1 is 1.12 bits per heavy atom. The van der Waals surface area contributed by atoms with E-state index in [4.69, 9.17) is 0 Å². The van der Waals surface area contributed by atoms with E-state index in [2.05, 4.69) is 25.3 Å². The molecule has 174 valence electrons. The van der Waals surface area contributed by atoms with Crippen molar-refractivity contribution in [3.63, 3.8) is 0 Å². The van der Waals surface area contributed by atoms with Crippen molar-refractivity contribution in [3.05, 3.63) is 70.3 Å². The van der Waals surface area contributed by atoms with Crippen LogP contribution in [0.5, 0.6) is 5.75 Å². The van der Waals surface area contributed by atoms with Crippen LogP contribution in [0.2, 0.25) is 0 Å². The summed E-state index contributed by atoms with van der Waals surface area (Å²) in [5, 5.41) is 17.1. The number of rotatable bonds is 9. The second-order valence-corrected chi connectivity index (χ2v) is 7.27. The highest BCUT2D eigenvalue weighted by Gasteiger charge is 2.31. The van der Waals surface area contributed by atoms with Crippen molar-refractivity contribution < 1.29 is 22.8 Å². The monoisotopic (exact) mass is 461 g/mol. The number of non-ortho nitro benzene ring substituents is 1. The van der Waals surface area contributed by atoms with Crippen LogP contribution in [-0.2, 0) is 6.54 Å². The molecule has 3 rings (SSSR count). The number of nitrogens with zero attached hydrogens (tertiary/aromatic N) is 3. The van der Waals surface area contributed by atoms with Crippen LogP contribution in [0.25, 0.3) is 11.3 Å². The Balaban J connectivity index is 1.87. The zero-order valence-corrected chi connectivity index (χ0v) is 17.9. The quantitative estimate of drug-likeness (QED) is 0.308. The second kappa shape index (κ2) is 10.2. The Hall–Kier alpha value is -3.89. The zero-order valence-electron chi connectivity index (χ0n) is 17.9. The van der Waals surface area contributed by atoms with E-state index in [0.29, 0.717) is 29.6 Å². The van der Waals surface area contributed by atoms with Gasteiger partial charge in [-0.05, 0) is 31.0 Å². The van der Waals surface area contributed by atoms with Gasteiger partial charge in [-0.3, -0.25) is 10.1 Å². The molecule has 1 aromatic heterocycles. The molecule has 0 spiro atoms. The minimum Gasteiger partial charge on any atom is -0.406 e. The summed E-state index contributed by atoms with van der Waals surface area (Å²) in [6, 6.07) is 13.3. The minimum absolute atomic E-state index is 0.0101. The molecular formula is C22H22F3N5O3. The third kappa shape index (κ3) is 7.06. The molecule has 0 amide bonds. The highest BCUT2D eigenvalue weighted by molar-refractivity contribution is 5.66. The largest absolute Gasteiger partial charge is 0.573 e. The standard InChI is InChI=1S/C22H22F3N5O3/c1-3-14(2)27-21-28-19(16-5-4-6-18(11-16)33-22(23,24)25)12-20(29-21)26-13-15-7-9-17(10-8-15)30(31)32/h4-12,14H,3,13H2,1-2H3,(H2,26,27,28,29)/t14-/m0/s1. The molecule has 0 bridgehead atoms. The van der Waals surface area contributed by atoms with Gasteiger partial charge in [-0.15, -0.1) is 13.2 Å². The minimum atomic E-state index is -4.80. The second-order valence-electron chi connectivity index (χ2n) is 7.27. The van der Waals surface area contributed by atoms with Crippen LogP contribution >= 0.6 is 0 Å². The molecule has 0 radical (unpaired) electrons. The Bertz CT molecular complexity index is 1110. The molecule has 2 N–H and O–H groups in total. The first-order valence-electron chi connectivity index (χ1n) is 10.1. The molecule has 1 heterocycles. The Kier molecular flexibility index (Phi) is 7.31. The van der Waals surface area contributed by atoms with Gasteiger partial charge in [0, 0.05) is 36.3 Å². The van der Waals surface area contributed by atoms with Gasteiger partial charge in [-0.1, -0.05) is 31.2 Å². The predicted molar refractivity (Wildman–Crippen MR) is 118 cm³/mol. The summed E-state index contributed by atoms with van der Waals surface area (Å²) in [5.41, 5.74) is 1.60. The predicted octanol–water partition coefficient (Wildman–Crippen LogP) is 5.77. The lowest BCUT2D eigenvalue weighted by atomic mass is 10.1. The van der Waals surface area contributed by atoms with Crippen molar-refractivity contribution in [2.24, 2.45) is 0 Å². The molecule has 3 aromatic rings. The van der Waals surface area contributed by atoms with Crippen LogP contribution in [0, 0.1) is 10.1 Å². The molecule has 1 atom stereocenters. The number of anilines is 2. The molecular weight excluding hydrogens is 439 g/mol. The van der Waals surface area contributed by atoms with E-state index >= 15 is 0 Å². The van der Waals surface area contributed by atoms with E-state index in [-0.39, 0.29) is 17.5 Å². The fraction of sp³-hybridized carbons (Fsp3) is 0.273. The number of alkyl halides is 3. The highest BCUT2D eigenvalue weighted by Crippen LogP contribution is 2.29. The molecule has 0 saturated carbocycles. The SMILES string of the molecule is CC[C@H](C)Nc1nc(NCc2ccc([N+](=O)[O-])cc2)cc(-c2cccc(OC(F)(F)F)c2)n1. The Labute approximate surface area is 188 Å². The third-order valence-corrected chi connectivity index (χ3v) is 4.70. The average molecular weight is 461 g/mol. The van der Waals surface area contributed by atoms with E-state index in [0.717, 1.165) is 12.0 Å². The van der Waals surface area contributed by atoms with Crippen molar-refractivity contribution in [1.82, 2.24) is 9.97 Å². The number of nitro groups is 1. The van der Waals surface area contributed by atoms with E-state index in [1.807, 2.05) is 13.8 Å². The maximum atomic E-state index is 12.6. The third-order valence-electron chi connectivity index (χ3n) is 4.70. The fourth-order valence-corrected chi connectivity index (χ4v) is 2.85. The highest BCUT2D eigenvalue weighted by atomic mass is 19.4. The molecule has 11 heteroatoms. The maximum absolute atomic E-state index is 12.6. The van der Waals surface area contributed by atoms with Gasteiger partial charge in [-0.25, -0.2) is 4.98 Å². The molecule has 0 aliphatic carbocycles. The first kappa shape index (κ1) is 23.8. The molecule has 0 aliphatic heterocycles. The summed E-state index contributed by atoms with van der Waals surface area (Å²) in [7, 11) is 0. The average Bonchev–Trinajstić information content (AvgIpc) is 2.76. The van der Waals surface area contributed by atoms with Gasteiger partial charge >= 0.3 is 6.36 Å². The summed E-state index contributed by atoms with van der Waals surface area (Å²) in [4.78, 5) is 19.2. The summed E-state index contributed by atoms with van der Waals surface area (Å²) in [6.07, 6.45) is -3.99. The first-order valence-corrected chi connectivity index (χ1v) is 10.1. The lowest BCUT2D eigenvalue weighted by Crippen LogP contribution is -2.17. The van der Waals surface area contributed by atoms with Crippen molar-refractivity contribution in [2.45, 2.75) is 39.2 Å². The van der Waals surface area contributed by atoms with E-state index < -0.39 is 11.3 Å². The number of benzene rings is 2. The van der Waals surface area contributed by atoms with Gasteiger partial charge in [0.2, 0.25) is 5.95 Å². The number of aromatic nitrogens is 2. The zero-order chi connectivity index (χ0) is 24.0. The van der Waals surface area contributed by atoms with Crippen molar-refractivity contribution in [1.29, 1.82) is 0 Å². The molecule has 8 nitrogen and oxygen atoms in total. The molecule has 0 aliphatic rings. The van der Waals surface area contributed by atoms with Crippen LogP contribution in [0.3, 0.4) is 0 Å². The number of nitrogens with one attached hydrogen (secondary N) is 2. The van der Waals surface area contributed by atoms with E-state index in [1.54, 1.807) is 24.3 Å². The summed E-state index contributed by atoms with van der Waals surface area (Å²) < 4.78 is 41.9. The summed E-state index contributed by atoms with van der Waals surface area (Å²) in [5.74, 6) is 0.400. The van der Waals surface area contributed by atoms with Crippen LogP contribution in [0.15, 0.2) is 54.6 Å². The smallest absolute Gasteiger partial charge is 0.406 e. The number of halogens is 3. The van der Waals surface area contributed by atoms with Gasteiger partial charge in [-0.2, -0.15) is 4.98 Å². The van der Waals surface area contributed by atoms with Gasteiger partial charge < -0.3 is 15.4 Å². The normalized spacial score (nSPS) is 12.2. The lowest BCUT2D eigenvalue weighted by Gasteiger charge is -2.15. The lowest BCUT2D eigenvalue weighted by molar-refractivity contribution is -0.384. The molecule has 33 heavy (non-hydrogen) atoms. The van der Waals surface area contributed by atoms with Gasteiger partial charge in [0.15, 0.2) is 0 Å². The van der Waals surface area contributed by atoms with Gasteiger partial charge in [0.25, 0.3) is 5.69 Å². The van der Waals surface area contributed by atoms with Crippen molar-refractivity contribution >= 4 is 17.5 Å². The summed E-state index contributed by atoms with van der Waals surface area (Å²) in [6.45, 7) is 4.28. The van der Waals surface area contributed by atoms with Crippen molar-refractivity contribution in [2.75, 3.05) is 10.6 Å². The number of nitro benzene ring substituents is 1. The van der Waals surface area contributed by atoms with Crippen LogP contribution in [-0.4, -0.2) is 27.3 Å². The van der Waals surface area contributed by atoms with Crippen LogP contribution in [0.1, 0.15) is 25.8 Å². The number of hydrogen-bond donors (Lipinski definition) is 2. The van der Waals surface area contributed by atoms with Gasteiger partial charge in [0.05, 0.1) is 10.6 Å². The molecule has 0 unspecified atom stereocenters. The van der Waals surface area contributed by atoms with E-state index in [1.165, 1.54) is 30.3 Å². The maximum Gasteiger partial charge on any atom is 0.573 e. The van der Waals surface area contributed by atoms with Crippen molar-refractivity contribution in [3.8, 4) is 17.0 Å². The Morgan fingerprint density at radius 2 is 1.85 bits per heavy atom. The fourth-order valence-electron chi connectivity index (χ4n) is 2.85. The topological polar surface area (TPSA) is 102 Å². The van der Waals surface area contributed by atoms with Crippen LogP contribution in [0.4, 0.5) is 30.6 Å². The first-order chi connectivity index (χ1) is 15.6. The number of hydrogen-bond acceptors (Lipinski definition) is 7. The summed E-state index contributed by atoms with van der Waals surface area (Å²) >= 11 is 0. The Morgan fingerprint density at radius 3 is 2.48 bits per heavy atom. The van der Waals surface area contributed by atoms with Gasteiger partial charge in [0.1, 0.15) is 11.6 Å². The molecule has 0 saturated heterocycles. The van der Waals surface area contributed by atoms with Crippen LogP contribution < -0.4 is 15.4 Å². The molecule has 2 aromatic carbocycles. The molecule has 0 fully saturated rings.